The van der Waals surface area contributed by atoms with E-state index in [2.05, 4.69) is 11.1 Å². The predicted molar refractivity (Wildman–Crippen MR) is 109 cm³/mol. The van der Waals surface area contributed by atoms with Crippen LogP contribution in [-0.4, -0.2) is 46.9 Å². The molecule has 0 aliphatic carbocycles. The van der Waals surface area contributed by atoms with Crippen molar-refractivity contribution in [3.05, 3.63) is 77.0 Å². The molecule has 3 aromatic rings. The van der Waals surface area contributed by atoms with E-state index in [9.17, 15) is 18.8 Å². The summed E-state index contributed by atoms with van der Waals surface area (Å²) in [4.78, 5) is 21.2. The SMILES string of the molecule is Cc1nc2cc(F)ccc2cc1C(=O)N1CCN([C@@H](C#N)c2ccc(F)cc2)CC1. The Morgan fingerprint density at radius 3 is 2.37 bits per heavy atom. The highest BCUT2D eigenvalue weighted by Crippen LogP contribution is 2.24. The second-order valence-corrected chi connectivity index (χ2v) is 7.37. The summed E-state index contributed by atoms with van der Waals surface area (Å²) in [6.07, 6.45) is 0. The number of hydrogen-bond donors (Lipinski definition) is 0. The maximum atomic E-state index is 13.4. The van der Waals surface area contributed by atoms with Gasteiger partial charge >= 0.3 is 0 Å². The first kappa shape index (κ1) is 19.9. The van der Waals surface area contributed by atoms with Gasteiger partial charge in [-0.2, -0.15) is 5.26 Å². The third-order valence-electron chi connectivity index (χ3n) is 5.48. The quantitative estimate of drug-likeness (QED) is 0.663. The van der Waals surface area contributed by atoms with Crippen molar-refractivity contribution < 1.29 is 13.6 Å². The number of nitriles is 1. The molecule has 4 rings (SSSR count). The average Bonchev–Trinajstić information content (AvgIpc) is 2.75. The van der Waals surface area contributed by atoms with Crippen LogP contribution in [0.4, 0.5) is 8.78 Å². The van der Waals surface area contributed by atoms with Crippen molar-refractivity contribution in [2.24, 2.45) is 0 Å². The van der Waals surface area contributed by atoms with E-state index in [-0.39, 0.29) is 17.5 Å². The molecule has 2 heterocycles. The summed E-state index contributed by atoms with van der Waals surface area (Å²) in [6.45, 7) is 3.76. The summed E-state index contributed by atoms with van der Waals surface area (Å²) >= 11 is 0. The summed E-state index contributed by atoms with van der Waals surface area (Å²) in [7, 11) is 0. The fourth-order valence-corrected chi connectivity index (χ4v) is 3.82. The minimum absolute atomic E-state index is 0.124. The van der Waals surface area contributed by atoms with Crippen molar-refractivity contribution >= 4 is 16.8 Å². The summed E-state index contributed by atoms with van der Waals surface area (Å²) in [6, 6.07) is 13.8. The van der Waals surface area contributed by atoms with Gasteiger partial charge in [-0.05, 0) is 42.8 Å². The Bertz CT molecular complexity index is 1130. The molecule has 0 spiro atoms. The first-order valence-corrected chi connectivity index (χ1v) is 9.71. The lowest BCUT2D eigenvalue weighted by Gasteiger charge is -2.37. The van der Waals surface area contributed by atoms with Crippen LogP contribution < -0.4 is 0 Å². The number of aryl methyl sites for hydroxylation is 1. The number of halogens is 2. The van der Waals surface area contributed by atoms with Crippen LogP contribution in [-0.2, 0) is 0 Å². The smallest absolute Gasteiger partial charge is 0.255 e. The highest BCUT2D eigenvalue weighted by molar-refractivity contribution is 5.98. The van der Waals surface area contributed by atoms with Crippen molar-refractivity contribution in [1.29, 1.82) is 5.26 Å². The second-order valence-electron chi connectivity index (χ2n) is 7.37. The fraction of sp³-hybridized carbons (Fsp3) is 0.261. The Kier molecular flexibility index (Phi) is 5.42. The zero-order valence-corrected chi connectivity index (χ0v) is 16.5. The van der Waals surface area contributed by atoms with E-state index in [0.29, 0.717) is 48.3 Å². The van der Waals surface area contributed by atoms with Gasteiger partial charge in [-0.3, -0.25) is 14.7 Å². The van der Waals surface area contributed by atoms with Crippen LogP contribution in [0.15, 0.2) is 48.5 Å². The molecule has 1 fully saturated rings. The first-order valence-electron chi connectivity index (χ1n) is 9.71. The summed E-state index contributed by atoms with van der Waals surface area (Å²) < 4.78 is 26.6. The molecule has 7 heteroatoms. The minimum Gasteiger partial charge on any atom is -0.336 e. The Balaban J connectivity index is 1.48. The van der Waals surface area contributed by atoms with E-state index in [4.69, 9.17) is 0 Å². The van der Waals surface area contributed by atoms with Crippen LogP contribution in [0.25, 0.3) is 10.9 Å². The number of amides is 1. The molecule has 1 aliphatic heterocycles. The Hall–Kier alpha value is -3.37. The molecule has 30 heavy (non-hydrogen) atoms. The molecule has 0 bridgehead atoms. The van der Waals surface area contributed by atoms with Crippen LogP contribution >= 0.6 is 0 Å². The topological polar surface area (TPSA) is 60.2 Å². The molecule has 1 aliphatic rings. The average molecular weight is 406 g/mol. The van der Waals surface area contributed by atoms with Gasteiger partial charge in [0.15, 0.2) is 0 Å². The number of fused-ring (bicyclic) bond motifs is 1. The highest BCUT2D eigenvalue weighted by Gasteiger charge is 2.28. The Morgan fingerprint density at radius 1 is 1.03 bits per heavy atom. The molecule has 0 unspecified atom stereocenters. The normalized spacial score (nSPS) is 15.7. The van der Waals surface area contributed by atoms with Gasteiger partial charge in [0, 0.05) is 37.6 Å². The lowest BCUT2D eigenvalue weighted by atomic mass is 10.0. The lowest BCUT2D eigenvalue weighted by Crippen LogP contribution is -2.49. The number of carbonyl (C=O) groups excluding carboxylic acids is 1. The zero-order valence-electron chi connectivity index (χ0n) is 16.5. The van der Waals surface area contributed by atoms with Crippen molar-refractivity contribution in [2.45, 2.75) is 13.0 Å². The van der Waals surface area contributed by atoms with E-state index in [1.165, 1.54) is 24.3 Å². The van der Waals surface area contributed by atoms with E-state index in [1.54, 1.807) is 36.1 Å². The Labute approximate surface area is 173 Å². The highest BCUT2D eigenvalue weighted by atomic mass is 19.1. The lowest BCUT2D eigenvalue weighted by molar-refractivity contribution is 0.0605. The van der Waals surface area contributed by atoms with E-state index in [1.807, 2.05) is 4.90 Å². The number of pyridine rings is 1. The van der Waals surface area contributed by atoms with Crippen molar-refractivity contribution in [1.82, 2.24) is 14.8 Å². The fourth-order valence-electron chi connectivity index (χ4n) is 3.82. The molecule has 0 N–H and O–H groups in total. The first-order chi connectivity index (χ1) is 14.5. The standard InChI is InChI=1S/C23H20F2N4O/c1-15-20(12-17-4-7-19(25)13-21(17)27-15)23(30)29-10-8-28(9-11-29)22(14-26)16-2-5-18(24)6-3-16/h2-7,12-13,22H,8-11H2,1H3/t22-/m0/s1. The van der Waals surface area contributed by atoms with Gasteiger partial charge in [0.2, 0.25) is 0 Å². The molecule has 1 atom stereocenters. The van der Waals surface area contributed by atoms with E-state index in [0.717, 1.165) is 5.56 Å². The molecule has 0 saturated carbocycles. The third kappa shape index (κ3) is 3.87. The summed E-state index contributed by atoms with van der Waals surface area (Å²) in [5, 5.41) is 10.3. The molecule has 0 radical (unpaired) electrons. The Morgan fingerprint density at radius 2 is 1.70 bits per heavy atom. The van der Waals surface area contributed by atoms with Crippen molar-refractivity contribution in [3.8, 4) is 6.07 Å². The van der Waals surface area contributed by atoms with Gasteiger partial charge in [-0.1, -0.05) is 12.1 Å². The second kappa shape index (κ2) is 8.17. The number of hydrogen-bond acceptors (Lipinski definition) is 4. The maximum absolute atomic E-state index is 13.4. The van der Waals surface area contributed by atoms with Gasteiger partial charge in [0.05, 0.1) is 22.8 Å². The molecule has 2 aromatic carbocycles. The third-order valence-corrected chi connectivity index (χ3v) is 5.48. The molecule has 152 valence electrons. The largest absolute Gasteiger partial charge is 0.336 e. The number of carbonyl (C=O) groups is 1. The van der Waals surface area contributed by atoms with Crippen LogP contribution in [0.2, 0.25) is 0 Å². The van der Waals surface area contributed by atoms with Crippen molar-refractivity contribution in [2.75, 3.05) is 26.2 Å². The van der Waals surface area contributed by atoms with Gasteiger partial charge in [-0.25, -0.2) is 8.78 Å². The molecule has 1 saturated heterocycles. The number of rotatable bonds is 3. The zero-order chi connectivity index (χ0) is 21.3. The predicted octanol–water partition coefficient (Wildman–Crippen LogP) is 3.84. The molecule has 5 nitrogen and oxygen atoms in total. The molecule has 1 aromatic heterocycles. The van der Waals surface area contributed by atoms with E-state index >= 15 is 0 Å². The van der Waals surface area contributed by atoms with Gasteiger partial charge in [0.25, 0.3) is 5.91 Å². The van der Waals surface area contributed by atoms with Crippen LogP contribution in [0, 0.1) is 29.9 Å². The summed E-state index contributed by atoms with van der Waals surface area (Å²) in [5.74, 6) is -0.827. The van der Waals surface area contributed by atoms with Crippen LogP contribution in [0.5, 0.6) is 0 Å². The van der Waals surface area contributed by atoms with Gasteiger partial charge in [0.1, 0.15) is 17.7 Å². The number of benzene rings is 2. The van der Waals surface area contributed by atoms with Crippen LogP contribution in [0.1, 0.15) is 27.7 Å². The van der Waals surface area contributed by atoms with Gasteiger partial charge < -0.3 is 4.90 Å². The monoisotopic (exact) mass is 406 g/mol. The minimum atomic E-state index is -0.484. The molecular weight excluding hydrogens is 386 g/mol. The number of nitrogens with zero attached hydrogens (tertiary/aromatic N) is 4. The van der Waals surface area contributed by atoms with E-state index < -0.39 is 6.04 Å². The number of aromatic nitrogens is 1. The molecule has 1 amide bonds. The van der Waals surface area contributed by atoms with Gasteiger partial charge in [-0.15, -0.1) is 0 Å². The van der Waals surface area contributed by atoms with Crippen LogP contribution in [0.3, 0.4) is 0 Å². The molecular formula is C23H20F2N4O. The summed E-state index contributed by atoms with van der Waals surface area (Å²) in [5.41, 5.74) is 2.31. The van der Waals surface area contributed by atoms with Crippen molar-refractivity contribution in [3.63, 3.8) is 0 Å². The maximum Gasteiger partial charge on any atom is 0.255 e. The number of piperazine rings is 1.